The monoisotopic (exact) mass is 571 g/mol. The summed E-state index contributed by atoms with van der Waals surface area (Å²) in [6, 6.07) is 17.7. The molecule has 0 unspecified atom stereocenters. The van der Waals surface area contributed by atoms with Gasteiger partial charge in [-0.25, -0.2) is 9.97 Å². The van der Waals surface area contributed by atoms with Crippen LogP contribution in [0.2, 0.25) is 15.5 Å². The molecule has 1 saturated heterocycles. The van der Waals surface area contributed by atoms with Gasteiger partial charge in [-0.2, -0.15) is 0 Å². The highest BCUT2D eigenvalue weighted by Crippen LogP contribution is 2.28. The van der Waals surface area contributed by atoms with E-state index in [1.54, 1.807) is 12.1 Å². The van der Waals surface area contributed by atoms with E-state index in [2.05, 4.69) is 62.2 Å². The second-order valence-corrected chi connectivity index (χ2v) is 9.27. The van der Waals surface area contributed by atoms with Crippen LogP contribution in [-0.4, -0.2) is 23.1 Å². The summed E-state index contributed by atoms with van der Waals surface area (Å²) in [6.07, 6.45) is 3.76. The molecule has 1 aliphatic heterocycles. The van der Waals surface area contributed by atoms with Crippen molar-refractivity contribution in [2.45, 2.75) is 19.3 Å². The molecule has 1 aromatic carbocycles. The molecule has 7 heteroatoms. The van der Waals surface area contributed by atoms with Crippen LogP contribution in [0.5, 0.6) is 0 Å². The van der Waals surface area contributed by atoms with E-state index in [1.807, 2.05) is 24.3 Å². The van der Waals surface area contributed by atoms with Crippen LogP contribution in [0.1, 0.15) is 30.4 Å². The molecular formula is C23H21Cl3IN3. The van der Waals surface area contributed by atoms with Gasteiger partial charge in [-0.15, -0.1) is 0 Å². The molecule has 0 aliphatic carbocycles. The summed E-state index contributed by atoms with van der Waals surface area (Å²) < 4.78 is 0.998. The molecule has 156 valence electrons. The first-order valence-corrected chi connectivity index (χ1v) is 11.8. The number of anilines is 1. The van der Waals surface area contributed by atoms with E-state index in [1.165, 1.54) is 19.3 Å². The lowest BCUT2D eigenvalue weighted by Crippen LogP contribution is -2.30. The van der Waals surface area contributed by atoms with Crippen LogP contribution >= 0.6 is 57.4 Å². The molecule has 30 heavy (non-hydrogen) atoms. The first kappa shape index (κ1) is 23.3. The highest BCUT2D eigenvalue weighted by molar-refractivity contribution is 14.1. The first-order valence-electron chi connectivity index (χ1n) is 9.58. The lowest BCUT2D eigenvalue weighted by Gasteiger charge is -2.28. The summed E-state index contributed by atoms with van der Waals surface area (Å²) in [5.41, 5.74) is 3.14. The summed E-state index contributed by atoms with van der Waals surface area (Å²) in [5.74, 6) is 0.967. The summed E-state index contributed by atoms with van der Waals surface area (Å²) in [6.45, 7) is 6.34. The molecule has 1 aliphatic rings. The third-order valence-electron chi connectivity index (χ3n) is 4.66. The van der Waals surface area contributed by atoms with Crippen molar-refractivity contribution >= 4 is 68.8 Å². The molecule has 0 radical (unpaired) electrons. The second kappa shape index (κ2) is 11.3. The highest BCUT2D eigenvalue weighted by Gasteiger charge is 2.14. The quantitative estimate of drug-likeness (QED) is 0.237. The Morgan fingerprint density at radius 1 is 0.800 bits per heavy atom. The number of aromatic nitrogens is 2. The predicted molar refractivity (Wildman–Crippen MR) is 137 cm³/mol. The van der Waals surface area contributed by atoms with Crippen molar-refractivity contribution in [3.8, 4) is 0 Å². The molecule has 0 atom stereocenters. The average molecular weight is 573 g/mol. The Kier molecular flexibility index (Phi) is 8.81. The maximum atomic E-state index is 6.22. The van der Waals surface area contributed by atoms with Gasteiger partial charge in [0.2, 0.25) is 0 Å². The zero-order valence-electron chi connectivity index (χ0n) is 16.3. The van der Waals surface area contributed by atoms with Crippen LogP contribution in [0, 0.1) is 3.57 Å². The molecule has 1 fully saturated rings. The standard InChI is InChI=1S/C18H19ClN2.C5H2Cl2IN/c1-14(15-8-4-2-5-9-15)16-12-17(19)20-18(13-16)21-10-6-3-7-11-21;6-4-1-3(8)2-5(7)9-4/h2,4-5,8-9,12-13H,1,3,6-7,10-11H2;1-2H. The van der Waals surface area contributed by atoms with Crippen LogP contribution < -0.4 is 4.90 Å². The van der Waals surface area contributed by atoms with E-state index in [9.17, 15) is 0 Å². The first-order chi connectivity index (χ1) is 14.4. The Labute approximate surface area is 206 Å². The van der Waals surface area contributed by atoms with Gasteiger partial charge in [-0.3, -0.25) is 0 Å². The predicted octanol–water partition coefficient (Wildman–Crippen LogP) is 7.78. The van der Waals surface area contributed by atoms with Gasteiger partial charge in [0, 0.05) is 16.7 Å². The van der Waals surface area contributed by atoms with Gasteiger partial charge in [0.05, 0.1) is 0 Å². The van der Waals surface area contributed by atoms with Crippen LogP contribution in [0.4, 0.5) is 5.82 Å². The average Bonchev–Trinajstić information content (AvgIpc) is 2.73. The van der Waals surface area contributed by atoms with E-state index in [0.717, 1.165) is 39.2 Å². The SMILES string of the molecule is C=C(c1ccccc1)c1cc(Cl)nc(N2CCCCC2)c1.Clc1cc(I)cc(Cl)n1. The topological polar surface area (TPSA) is 29.0 Å². The molecule has 2 aromatic heterocycles. The molecule has 3 nitrogen and oxygen atoms in total. The summed E-state index contributed by atoms with van der Waals surface area (Å²) >= 11 is 19.4. The number of halogens is 4. The van der Waals surface area contributed by atoms with Crippen molar-refractivity contribution in [3.05, 3.63) is 91.3 Å². The van der Waals surface area contributed by atoms with Gasteiger partial charge in [-0.1, -0.05) is 71.7 Å². The number of hydrogen-bond donors (Lipinski definition) is 0. The molecule has 3 heterocycles. The smallest absolute Gasteiger partial charge is 0.132 e. The Hall–Kier alpha value is -1.34. The molecule has 4 rings (SSSR count). The lowest BCUT2D eigenvalue weighted by molar-refractivity contribution is 0.573. The normalized spacial score (nSPS) is 13.4. The fourth-order valence-electron chi connectivity index (χ4n) is 3.18. The molecule has 0 amide bonds. The second-order valence-electron chi connectivity index (χ2n) is 6.86. The van der Waals surface area contributed by atoms with E-state index < -0.39 is 0 Å². The van der Waals surface area contributed by atoms with Gasteiger partial charge in [0.15, 0.2) is 0 Å². The van der Waals surface area contributed by atoms with Crippen LogP contribution in [0.25, 0.3) is 5.57 Å². The number of hydrogen-bond acceptors (Lipinski definition) is 3. The van der Waals surface area contributed by atoms with Crippen molar-refractivity contribution in [3.63, 3.8) is 0 Å². The van der Waals surface area contributed by atoms with Crippen LogP contribution in [0.15, 0.2) is 61.2 Å². The lowest BCUT2D eigenvalue weighted by atomic mass is 10.0. The van der Waals surface area contributed by atoms with E-state index in [-0.39, 0.29) is 0 Å². The Balaban J connectivity index is 0.000000239. The molecule has 0 saturated carbocycles. The zero-order chi connectivity index (χ0) is 21.5. The number of pyridine rings is 2. The minimum Gasteiger partial charge on any atom is -0.357 e. The molecule has 3 aromatic rings. The van der Waals surface area contributed by atoms with Gasteiger partial charge in [-0.05, 0) is 82.8 Å². The fourth-order valence-corrected chi connectivity index (χ4v) is 4.81. The van der Waals surface area contributed by atoms with Crippen molar-refractivity contribution in [2.24, 2.45) is 0 Å². The molecule has 0 N–H and O–H groups in total. The van der Waals surface area contributed by atoms with Crippen LogP contribution in [0.3, 0.4) is 0 Å². The maximum Gasteiger partial charge on any atom is 0.132 e. The summed E-state index contributed by atoms with van der Waals surface area (Å²) in [5, 5.41) is 1.41. The fraction of sp³-hybridized carbons (Fsp3) is 0.217. The molecular weight excluding hydrogens is 552 g/mol. The van der Waals surface area contributed by atoms with Crippen LogP contribution in [-0.2, 0) is 0 Å². The van der Waals surface area contributed by atoms with E-state index in [4.69, 9.17) is 34.8 Å². The van der Waals surface area contributed by atoms with Crippen molar-refractivity contribution < 1.29 is 0 Å². The zero-order valence-corrected chi connectivity index (χ0v) is 20.7. The van der Waals surface area contributed by atoms with Crippen molar-refractivity contribution in [2.75, 3.05) is 18.0 Å². The summed E-state index contributed by atoms with van der Waals surface area (Å²) in [4.78, 5) is 10.6. The third kappa shape index (κ3) is 6.84. The Morgan fingerprint density at radius 3 is 2.00 bits per heavy atom. The van der Waals surface area contributed by atoms with Gasteiger partial charge in [0.25, 0.3) is 0 Å². The number of rotatable bonds is 3. The Bertz CT molecular complexity index is 955. The van der Waals surface area contributed by atoms with Gasteiger partial charge >= 0.3 is 0 Å². The van der Waals surface area contributed by atoms with Crippen molar-refractivity contribution in [1.82, 2.24) is 9.97 Å². The largest absolute Gasteiger partial charge is 0.357 e. The Morgan fingerprint density at radius 2 is 1.40 bits per heavy atom. The third-order valence-corrected chi connectivity index (χ3v) is 5.86. The highest BCUT2D eigenvalue weighted by atomic mass is 127. The molecule has 0 bridgehead atoms. The number of nitrogens with zero attached hydrogens (tertiary/aromatic N) is 3. The number of piperidine rings is 1. The van der Waals surface area contributed by atoms with E-state index in [0.29, 0.717) is 15.5 Å². The van der Waals surface area contributed by atoms with Gasteiger partial charge < -0.3 is 4.90 Å². The minimum absolute atomic E-state index is 0.437. The minimum atomic E-state index is 0.437. The van der Waals surface area contributed by atoms with Crippen molar-refractivity contribution in [1.29, 1.82) is 0 Å². The molecule has 0 spiro atoms. The van der Waals surface area contributed by atoms with Gasteiger partial charge in [0.1, 0.15) is 21.3 Å². The summed E-state index contributed by atoms with van der Waals surface area (Å²) in [7, 11) is 0. The number of benzene rings is 1. The maximum absolute atomic E-state index is 6.22. The van der Waals surface area contributed by atoms with E-state index >= 15 is 0 Å².